The van der Waals surface area contributed by atoms with Gasteiger partial charge in [0.15, 0.2) is 0 Å². The zero-order valence-corrected chi connectivity index (χ0v) is 8.03. The van der Waals surface area contributed by atoms with Gasteiger partial charge in [-0.3, -0.25) is 9.80 Å². The number of esters is 1. The topological polar surface area (TPSA) is 41.9 Å². The van der Waals surface area contributed by atoms with Crippen molar-refractivity contribution in [1.82, 2.24) is 5.01 Å². The Morgan fingerprint density at radius 1 is 1.46 bits per heavy atom. The molecular weight excluding hydrogens is 192 g/mol. The Morgan fingerprint density at radius 3 is 2.92 bits per heavy atom. The van der Waals surface area contributed by atoms with Crippen LogP contribution in [-0.2, 0) is 9.53 Å². The predicted octanol–water partition coefficient (Wildman–Crippen LogP) is 0.952. The molecule has 0 aromatic rings. The predicted molar refractivity (Wildman–Crippen MR) is 52.7 cm³/mol. The summed E-state index contributed by atoms with van der Waals surface area (Å²) >= 11 is 0. The normalized spacial score (nSPS) is 13.5. The highest BCUT2D eigenvalue weighted by Crippen LogP contribution is 1.95. The smallest absolute Gasteiger partial charge is 0.327 e. The number of halogens is 1. The van der Waals surface area contributed by atoms with Gasteiger partial charge < -0.3 is 4.74 Å². The fraction of sp³-hybridized carbons (Fsp3) is 0.250. The summed E-state index contributed by atoms with van der Waals surface area (Å²) in [4.78, 5) is 10.8. The van der Waals surface area contributed by atoms with Gasteiger partial charge in [0, 0.05) is 12.4 Å². The van der Waals surface area contributed by atoms with Crippen molar-refractivity contribution in [2.45, 2.75) is 0 Å². The Labute approximate surface area is 83.0 Å². The van der Waals surface area contributed by atoms with Crippen molar-refractivity contribution in [2.75, 3.05) is 13.7 Å². The summed E-state index contributed by atoms with van der Waals surface area (Å²) in [5, 5.41) is 5.45. The minimum atomic E-state index is -0.307. The lowest BCUT2D eigenvalue weighted by Gasteiger charge is -2.10. The maximum absolute atomic E-state index is 10.8. The fourth-order valence-corrected chi connectivity index (χ4v) is 0.716. The quantitative estimate of drug-likeness (QED) is 0.627. The summed E-state index contributed by atoms with van der Waals surface area (Å²) in [5.41, 5.74) is 0. The van der Waals surface area contributed by atoms with Gasteiger partial charge in [-0.1, -0.05) is 6.08 Å². The van der Waals surface area contributed by atoms with Crippen molar-refractivity contribution in [2.24, 2.45) is 5.10 Å². The van der Waals surface area contributed by atoms with Crippen LogP contribution in [0.25, 0.3) is 0 Å². The zero-order chi connectivity index (χ0) is 8.81. The lowest BCUT2D eigenvalue weighted by atomic mass is 10.5. The molecule has 0 aliphatic carbocycles. The molecule has 1 aliphatic heterocycles. The van der Waals surface area contributed by atoms with Crippen LogP contribution in [0.4, 0.5) is 0 Å². The number of hydrogen-bond donors (Lipinski definition) is 0. The van der Waals surface area contributed by atoms with E-state index in [4.69, 9.17) is 0 Å². The molecule has 13 heavy (non-hydrogen) atoms. The van der Waals surface area contributed by atoms with E-state index in [1.54, 1.807) is 24.6 Å². The first-order valence-electron chi connectivity index (χ1n) is 3.54. The number of hydrogen-bond acceptors (Lipinski definition) is 4. The second-order valence-electron chi connectivity index (χ2n) is 2.16. The van der Waals surface area contributed by atoms with Crippen LogP contribution in [0.2, 0.25) is 0 Å². The Morgan fingerprint density at radius 2 is 2.23 bits per heavy atom. The molecule has 72 valence electrons. The summed E-state index contributed by atoms with van der Waals surface area (Å²) in [5.74, 6) is -0.307. The molecule has 1 rings (SSSR count). The van der Waals surface area contributed by atoms with Gasteiger partial charge in [0.05, 0.1) is 7.11 Å². The molecule has 0 unspecified atom stereocenters. The Hall–Kier alpha value is -1.29. The molecule has 1 heterocycles. The van der Waals surface area contributed by atoms with Gasteiger partial charge in [0.2, 0.25) is 0 Å². The molecule has 0 fully saturated rings. The van der Waals surface area contributed by atoms with Crippen LogP contribution < -0.4 is 0 Å². The van der Waals surface area contributed by atoms with E-state index in [-0.39, 0.29) is 24.9 Å². The van der Waals surface area contributed by atoms with E-state index < -0.39 is 0 Å². The third-order valence-corrected chi connectivity index (χ3v) is 1.30. The summed E-state index contributed by atoms with van der Waals surface area (Å²) in [6.07, 6.45) is 8.74. The van der Waals surface area contributed by atoms with Crippen LogP contribution in [0.3, 0.4) is 0 Å². The van der Waals surface area contributed by atoms with Crippen LogP contribution in [0.1, 0.15) is 0 Å². The molecule has 5 heteroatoms. The maximum Gasteiger partial charge on any atom is 0.327 e. The van der Waals surface area contributed by atoms with E-state index in [0.717, 1.165) is 0 Å². The number of carbonyl (C=O) groups excluding carboxylic acids is 1. The average Bonchev–Trinajstić information content (AvgIpc) is 2.33. The molecule has 0 aromatic carbocycles. The van der Waals surface area contributed by atoms with Crippen molar-refractivity contribution < 1.29 is 9.53 Å². The standard InChI is InChI=1S/C8H10N2O2.ClH/c1-12-8(11)7-10-6-4-2-3-5-9-10;/h2-6H,7H2,1H3;1H. The highest BCUT2D eigenvalue weighted by Gasteiger charge is 2.04. The number of methoxy groups -OCH3 is 1. The van der Waals surface area contributed by atoms with Gasteiger partial charge in [-0.15, -0.1) is 12.4 Å². The summed E-state index contributed by atoms with van der Waals surface area (Å²) in [6.45, 7) is 0.144. The van der Waals surface area contributed by atoms with E-state index in [9.17, 15) is 4.79 Å². The number of carbonyl (C=O) groups is 1. The molecule has 0 bridgehead atoms. The molecule has 0 N–H and O–H groups in total. The van der Waals surface area contributed by atoms with Crippen molar-refractivity contribution in [1.29, 1.82) is 0 Å². The molecule has 0 saturated heterocycles. The average molecular weight is 203 g/mol. The van der Waals surface area contributed by atoms with Crippen LogP contribution in [0.5, 0.6) is 0 Å². The molecule has 0 radical (unpaired) electrons. The van der Waals surface area contributed by atoms with Crippen molar-refractivity contribution in [3.05, 3.63) is 24.4 Å². The number of rotatable bonds is 2. The Balaban J connectivity index is 0.00000144. The first-order chi connectivity index (χ1) is 5.83. The lowest BCUT2D eigenvalue weighted by molar-refractivity contribution is -0.141. The van der Waals surface area contributed by atoms with Gasteiger partial charge in [0.25, 0.3) is 0 Å². The fourth-order valence-electron chi connectivity index (χ4n) is 0.716. The van der Waals surface area contributed by atoms with E-state index in [0.29, 0.717) is 0 Å². The van der Waals surface area contributed by atoms with Crippen molar-refractivity contribution in [3.8, 4) is 0 Å². The zero-order valence-electron chi connectivity index (χ0n) is 7.21. The number of nitrogens with zero attached hydrogens (tertiary/aromatic N) is 2. The van der Waals surface area contributed by atoms with Crippen LogP contribution in [0.15, 0.2) is 29.5 Å². The minimum absolute atomic E-state index is 0. The largest absolute Gasteiger partial charge is 0.468 e. The molecule has 0 amide bonds. The van der Waals surface area contributed by atoms with Crippen LogP contribution >= 0.6 is 12.4 Å². The van der Waals surface area contributed by atoms with Crippen LogP contribution in [0, 0.1) is 0 Å². The first kappa shape index (κ1) is 11.7. The molecule has 1 aliphatic rings. The van der Waals surface area contributed by atoms with Gasteiger partial charge in [0.1, 0.15) is 6.54 Å². The molecule has 0 spiro atoms. The van der Waals surface area contributed by atoms with Crippen molar-refractivity contribution in [3.63, 3.8) is 0 Å². The molecule has 4 nitrogen and oxygen atoms in total. The second-order valence-corrected chi connectivity index (χ2v) is 2.16. The highest BCUT2D eigenvalue weighted by molar-refractivity contribution is 5.85. The monoisotopic (exact) mass is 202 g/mol. The van der Waals surface area contributed by atoms with E-state index >= 15 is 0 Å². The van der Waals surface area contributed by atoms with Crippen LogP contribution in [-0.4, -0.2) is 30.8 Å². The van der Waals surface area contributed by atoms with Gasteiger partial charge in [-0.05, 0) is 12.2 Å². The van der Waals surface area contributed by atoms with Crippen molar-refractivity contribution >= 4 is 24.6 Å². The summed E-state index contributed by atoms with van der Waals surface area (Å²) < 4.78 is 4.48. The Bertz CT molecular complexity index is 233. The number of allylic oxidation sites excluding steroid dienone is 3. The molecule has 0 saturated carbocycles. The third-order valence-electron chi connectivity index (χ3n) is 1.30. The van der Waals surface area contributed by atoms with E-state index in [1.165, 1.54) is 12.1 Å². The van der Waals surface area contributed by atoms with E-state index in [2.05, 4.69) is 9.84 Å². The third kappa shape index (κ3) is 4.32. The maximum atomic E-state index is 10.8. The van der Waals surface area contributed by atoms with Gasteiger partial charge in [-0.2, -0.15) is 5.10 Å². The van der Waals surface area contributed by atoms with Gasteiger partial charge in [-0.25, -0.2) is 0 Å². The minimum Gasteiger partial charge on any atom is -0.468 e. The van der Waals surface area contributed by atoms with E-state index in [1.807, 2.05) is 6.08 Å². The SMILES string of the molecule is COC(=O)CN1C=CC=CC=N1.Cl. The number of hydrazone groups is 1. The number of ether oxygens (including phenoxy) is 1. The Kier molecular flexibility index (Phi) is 5.63. The molecule has 0 atom stereocenters. The lowest BCUT2D eigenvalue weighted by Crippen LogP contribution is -2.21. The second kappa shape index (κ2) is 6.25. The summed E-state index contributed by atoms with van der Waals surface area (Å²) in [6, 6.07) is 0. The highest BCUT2D eigenvalue weighted by atomic mass is 35.5. The summed E-state index contributed by atoms with van der Waals surface area (Å²) in [7, 11) is 1.35. The molecule has 0 aromatic heterocycles. The molecular formula is C8H11ClN2O2. The first-order valence-corrected chi connectivity index (χ1v) is 3.54. The van der Waals surface area contributed by atoms with Gasteiger partial charge >= 0.3 is 5.97 Å².